The van der Waals surface area contributed by atoms with Gasteiger partial charge in [-0.05, 0) is 24.1 Å². The lowest BCUT2D eigenvalue weighted by molar-refractivity contribution is 0.395. The zero-order chi connectivity index (χ0) is 14.7. The monoisotopic (exact) mass is 319 g/mol. The molecule has 0 bridgehead atoms. The second-order valence-corrected chi connectivity index (χ2v) is 6.73. The minimum atomic E-state index is 0.277. The van der Waals surface area contributed by atoms with Crippen LogP contribution in [0.25, 0.3) is 9.40 Å². The Morgan fingerprint density at radius 1 is 1.29 bits per heavy atom. The molecule has 0 aliphatic rings. The first-order chi connectivity index (χ1) is 10.3. The van der Waals surface area contributed by atoms with Gasteiger partial charge >= 0.3 is 0 Å². The van der Waals surface area contributed by atoms with E-state index in [1.54, 1.807) is 24.8 Å². The highest BCUT2D eigenvalue weighted by Gasteiger charge is 2.16. The van der Waals surface area contributed by atoms with Gasteiger partial charge in [-0.2, -0.15) is 0 Å². The Morgan fingerprint density at radius 2 is 2.19 bits per heavy atom. The lowest BCUT2D eigenvalue weighted by Gasteiger charge is -2.16. The van der Waals surface area contributed by atoms with E-state index >= 15 is 0 Å². The quantitative estimate of drug-likeness (QED) is 0.753. The van der Waals surface area contributed by atoms with Gasteiger partial charge in [-0.3, -0.25) is 0 Å². The molecule has 1 unspecified atom stereocenters. The highest BCUT2D eigenvalue weighted by Crippen LogP contribution is 2.34. The topological polar surface area (TPSA) is 47.0 Å². The molecule has 21 heavy (non-hydrogen) atoms. The van der Waals surface area contributed by atoms with Crippen molar-refractivity contribution in [3.05, 3.63) is 40.5 Å². The number of likely N-dealkylation sites (N-methyl/N-ethyl adjacent to an activating group) is 1. The molecule has 0 spiro atoms. The van der Waals surface area contributed by atoms with Gasteiger partial charge in [0.15, 0.2) is 0 Å². The van der Waals surface area contributed by atoms with Gasteiger partial charge in [0.2, 0.25) is 5.88 Å². The molecule has 3 heterocycles. The van der Waals surface area contributed by atoms with Crippen molar-refractivity contribution in [1.29, 1.82) is 0 Å². The smallest absolute Gasteiger partial charge is 0.216 e. The predicted molar refractivity (Wildman–Crippen MR) is 88.4 cm³/mol. The SMILES string of the molecule is CCNC(Cc1cc(OC)ncn1)c1cc2sccc2s1. The van der Waals surface area contributed by atoms with E-state index in [0.29, 0.717) is 5.88 Å². The molecule has 0 fully saturated rings. The second-order valence-electron chi connectivity index (χ2n) is 4.66. The lowest BCUT2D eigenvalue weighted by atomic mass is 10.1. The first kappa shape index (κ1) is 14.4. The van der Waals surface area contributed by atoms with E-state index in [0.717, 1.165) is 18.7 Å². The van der Waals surface area contributed by atoms with Crippen LogP contribution >= 0.6 is 22.7 Å². The number of thiophene rings is 2. The van der Waals surface area contributed by atoms with Crippen molar-refractivity contribution in [3.63, 3.8) is 0 Å². The molecule has 0 amide bonds. The van der Waals surface area contributed by atoms with Gasteiger partial charge < -0.3 is 10.1 Å². The number of nitrogens with zero attached hydrogens (tertiary/aromatic N) is 2. The van der Waals surface area contributed by atoms with E-state index in [1.165, 1.54) is 14.3 Å². The average Bonchev–Trinajstić information content (AvgIpc) is 3.08. The van der Waals surface area contributed by atoms with Crippen LogP contribution in [0, 0.1) is 0 Å². The van der Waals surface area contributed by atoms with E-state index in [2.05, 4.69) is 39.7 Å². The van der Waals surface area contributed by atoms with Crippen molar-refractivity contribution < 1.29 is 4.74 Å². The molecular weight excluding hydrogens is 302 g/mol. The summed E-state index contributed by atoms with van der Waals surface area (Å²) in [5.74, 6) is 0.613. The Kier molecular flexibility index (Phi) is 4.48. The Balaban J connectivity index is 1.85. The summed E-state index contributed by atoms with van der Waals surface area (Å²) in [5, 5.41) is 5.69. The largest absolute Gasteiger partial charge is 0.481 e. The van der Waals surface area contributed by atoms with Gasteiger partial charge in [-0.1, -0.05) is 6.92 Å². The van der Waals surface area contributed by atoms with Crippen molar-refractivity contribution in [2.75, 3.05) is 13.7 Å². The molecule has 0 aliphatic carbocycles. The van der Waals surface area contributed by atoms with E-state index in [-0.39, 0.29) is 6.04 Å². The van der Waals surface area contributed by atoms with Crippen molar-refractivity contribution in [1.82, 2.24) is 15.3 Å². The fourth-order valence-corrected chi connectivity index (χ4v) is 4.48. The molecule has 110 valence electrons. The number of aromatic nitrogens is 2. The zero-order valence-electron chi connectivity index (χ0n) is 12.0. The summed E-state index contributed by atoms with van der Waals surface area (Å²) < 4.78 is 7.89. The van der Waals surface area contributed by atoms with Gasteiger partial charge in [0.05, 0.1) is 7.11 Å². The van der Waals surface area contributed by atoms with Crippen LogP contribution < -0.4 is 10.1 Å². The number of nitrogens with one attached hydrogen (secondary N) is 1. The number of rotatable bonds is 6. The molecule has 0 saturated heterocycles. The molecule has 0 saturated carbocycles. The van der Waals surface area contributed by atoms with Gasteiger partial charge in [0.25, 0.3) is 0 Å². The van der Waals surface area contributed by atoms with Crippen LogP contribution in [0.2, 0.25) is 0 Å². The second kappa shape index (κ2) is 6.51. The highest BCUT2D eigenvalue weighted by atomic mass is 32.1. The third-order valence-electron chi connectivity index (χ3n) is 3.27. The summed E-state index contributed by atoms with van der Waals surface area (Å²) in [4.78, 5) is 9.77. The molecule has 6 heteroatoms. The third kappa shape index (κ3) is 3.23. The first-order valence-electron chi connectivity index (χ1n) is 6.85. The molecule has 0 radical (unpaired) electrons. The van der Waals surface area contributed by atoms with Crippen LogP contribution in [-0.2, 0) is 6.42 Å². The van der Waals surface area contributed by atoms with Gasteiger partial charge in [-0.15, -0.1) is 22.7 Å². The summed E-state index contributed by atoms with van der Waals surface area (Å²) >= 11 is 3.65. The normalized spacial score (nSPS) is 12.7. The van der Waals surface area contributed by atoms with E-state index in [9.17, 15) is 0 Å². The first-order valence-corrected chi connectivity index (χ1v) is 8.55. The van der Waals surface area contributed by atoms with Gasteiger partial charge in [-0.25, -0.2) is 9.97 Å². The summed E-state index contributed by atoms with van der Waals surface area (Å²) in [5.41, 5.74) is 0.990. The molecule has 1 N–H and O–H groups in total. The van der Waals surface area contributed by atoms with Crippen LogP contribution in [0.1, 0.15) is 23.5 Å². The van der Waals surface area contributed by atoms with Crippen LogP contribution in [0.15, 0.2) is 29.9 Å². The van der Waals surface area contributed by atoms with Crippen LogP contribution in [0.5, 0.6) is 5.88 Å². The lowest BCUT2D eigenvalue weighted by Crippen LogP contribution is -2.22. The van der Waals surface area contributed by atoms with Crippen LogP contribution in [0.3, 0.4) is 0 Å². The Bertz CT molecular complexity index is 694. The van der Waals surface area contributed by atoms with Gasteiger partial charge in [0, 0.05) is 38.5 Å². The van der Waals surface area contributed by atoms with E-state index in [1.807, 2.05) is 17.4 Å². The van der Waals surface area contributed by atoms with Crippen molar-refractivity contribution in [2.45, 2.75) is 19.4 Å². The van der Waals surface area contributed by atoms with Gasteiger partial charge in [0.1, 0.15) is 6.33 Å². The Morgan fingerprint density at radius 3 is 2.95 bits per heavy atom. The number of hydrogen-bond donors (Lipinski definition) is 1. The van der Waals surface area contributed by atoms with Crippen molar-refractivity contribution in [2.24, 2.45) is 0 Å². The van der Waals surface area contributed by atoms with Crippen molar-refractivity contribution in [3.8, 4) is 5.88 Å². The summed E-state index contributed by atoms with van der Waals surface area (Å²) in [6.07, 6.45) is 2.39. The van der Waals surface area contributed by atoms with Crippen LogP contribution in [-0.4, -0.2) is 23.6 Å². The Labute approximate surface area is 131 Å². The van der Waals surface area contributed by atoms with E-state index < -0.39 is 0 Å². The maximum Gasteiger partial charge on any atom is 0.216 e. The summed E-state index contributed by atoms with van der Waals surface area (Å²) in [6, 6.07) is 6.65. The molecule has 4 nitrogen and oxygen atoms in total. The molecule has 0 aliphatic heterocycles. The zero-order valence-corrected chi connectivity index (χ0v) is 13.6. The molecule has 1 atom stereocenters. The summed E-state index contributed by atoms with van der Waals surface area (Å²) in [6.45, 7) is 3.06. The predicted octanol–water partition coefficient (Wildman–Crippen LogP) is 3.65. The number of fused-ring (bicyclic) bond motifs is 1. The number of ether oxygens (including phenoxy) is 1. The average molecular weight is 319 g/mol. The minimum Gasteiger partial charge on any atom is -0.481 e. The number of methoxy groups -OCH3 is 1. The third-order valence-corrected chi connectivity index (χ3v) is 5.48. The van der Waals surface area contributed by atoms with E-state index in [4.69, 9.17) is 4.74 Å². The fourth-order valence-electron chi connectivity index (χ4n) is 2.29. The standard InChI is InChI=1S/C15H17N3OS2/c1-3-16-11(6-10-7-15(19-2)18-9-17-10)13-8-14-12(21-13)4-5-20-14/h4-5,7-9,11,16H,3,6H2,1-2H3. The minimum absolute atomic E-state index is 0.277. The highest BCUT2D eigenvalue weighted by molar-refractivity contribution is 7.26. The fraction of sp³-hybridized carbons (Fsp3) is 0.333. The molecule has 3 aromatic heterocycles. The maximum absolute atomic E-state index is 5.17. The van der Waals surface area contributed by atoms with Crippen LogP contribution in [0.4, 0.5) is 0 Å². The molecule has 0 aromatic carbocycles. The number of hydrogen-bond acceptors (Lipinski definition) is 6. The summed E-state index contributed by atoms with van der Waals surface area (Å²) in [7, 11) is 1.63. The van der Waals surface area contributed by atoms with Crippen molar-refractivity contribution >= 4 is 32.1 Å². The molecular formula is C15H17N3OS2. The maximum atomic E-state index is 5.17. The Hall–Kier alpha value is -1.50. The molecule has 3 aromatic rings. The molecule has 3 rings (SSSR count).